The molecule has 1 aromatic heterocycles. The molecular formula is C28H23FN2O4. The molecule has 0 bridgehead atoms. The molecule has 2 heterocycles. The van der Waals surface area contributed by atoms with Crippen LogP contribution in [0.15, 0.2) is 85.1 Å². The van der Waals surface area contributed by atoms with E-state index >= 15 is 0 Å². The fraction of sp³-hybridized carbons (Fsp3) is 0.143. The number of hydrogen-bond acceptors (Lipinski definition) is 5. The highest BCUT2D eigenvalue weighted by Gasteiger charge is 2.42. The molecular weight excluding hydrogens is 447 g/mol. The number of phenolic OH excluding ortho intramolecular Hbond substituents is 1. The molecule has 0 radical (unpaired) electrons. The molecule has 0 saturated carbocycles. The molecule has 176 valence electrons. The molecule has 0 saturated heterocycles. The number of ether oxygens (including phenoxy) is 2. The average molecular weight is 471 g/mol. The Hall–Kier alpha value is -4.39. The number of aromatic nitrogens is 1. The molecule has 0 spiro atoms. The van der Waals surface area contributed by atoms with Crippen molar-refractivity contribution in [1.29, 1.82) is 0 Å². The first-order valence-electron chi connectivity index (χ1n) is 11.1. The number of benzene rings is 3. The van der Waals surface area contributed by atoms with Crippen LogP contribution in [-0.2, 0) is 5.54 Å². The number of rotatable bonds is 5. The van der Waals surface area contributed by atoms with Crippen LogP contribution in [0, 0.1) is 5.82 Å². The second-order valence-electron chi connectivity index (χ2n) is 8.25. The van der Waals surface area contributed by atoms with Crippen molar-refractivity contribution in [1.82, 2.24) is 10.3 Å². The zero-order chi connectivity index (χ0) is 24.4. The Bertz CT molecular complexity index is 1370. The summed E-state index contributed by atoms with van der Waals surface area (Å²) in [4.78, 5) is 17.8. The van der Waals surface area contributed by atoms with Gasteiger partial charge in [-0.25, -0.2) is 4.39 Å². The van der Waals surface area contributed by atoms with E-state index in [-0.39, 0.29) is 11.7 Å². The number of fused-ring (bicyclic) bond motifs is 1. The van der Waals surface area contributed by atoms with E-state index in [4.69, 9.17) is 9.47 Å². The SMILES string of the molecule is COc1cccc(-c2ccc(C3(NC(=O)c4ccc(F)cc4)CCOc4cccnc43)cc2)c1O. The molecule has 1 aliphatic rings. The van der Waals surface area contributed by atoms with Gasteiger partial charge in [-0.05, 0) is 53.6 Å². The number of phenols is 1. The number of para-hydroxylation sites is 1. The van der Waals surface area contributed by atoms with Gasteiger partial charge in [0.25, 0.3) is 5.91 Å². The minimum Gasteiger partial charge on any atom is -0.504 e. The monoisotopic (exact) mass is 470 g/mol. The van der Waals surface area contributed by atoms with Crippen LogP contribution in [-0.4, -0.2) is 29.7 Å². The van der Waals surface area contributed by atoms with Crippen molar-refractivity contribution >= 4 is 5.91 Å². The third-order valence-electron chi connectivity index (χ3n) is 6.25. The van der Waals surface area contributed by atoms with Crippen molar-refractivity contribution < 1.29 is 23.8 Å². The van der Waals surface area contributed by atoms with Crippen LogP contribution in [0.1, 0.15) is 28.0 Å². The Morgan fingerprint density at radius 3 is 2.57 bits per heavy atom. The van der Waals surface area contributed by atoms with Crippen molar-refractivity contribution in [2.45, 2.75) is 12.0 Å². The molecule has 35 heavy (non-hydrogen) atoms. The summed E-state index contributed by atoms with van der Waals surface area (Å²) in [6.45, 7) is 0.376. The lowest BCUT2D eigenvalue weighted by atomic mass is 9.80. The second-order valence-corrected chi connectivity index (χ2v) is 8.25. The van der Waals surface area contributed by atoms with Gasteiger partial charge in [0, 0.05) is 23.7 Å². The van der Waals surface area contributed by atoms with Crippen LogP contribution in [0.4, 0.5) is 4.39 Å². The standard InChI is InChI=1S/C28H23FN2O4/c1-34-23-5-2-4-22(25(23)32)18-7-11-20(12-8-18)28(15-17-35-24-6-3-16-30-26(24)28)31-27(33)19-9-13-21(29)14-10-19/h2-14,16,32H,15,17H2,1H3,(H,31,33). The van der Waals surface area contributed by atoms with Gasteiger partial charge in [-0.2, -0.15) is 0 Å². The van der Waals surface area contributed by atoms with Gasteiger partial charge in [0.2, 0.25) is 0 Å². The predicted molar refractivity (Wildman–Crippen MR) is 129 cm³/mol. The summed E-state index contributed by atoms with van der Waals surface area (Å²) >= 11 is 0. The van der Waals surface area contributed by atoms with Crippen LogP contribution in [0.5, 0.6) is 17.2 Å². The maximum absolute atomic E-state index is 13.4. The van der Waals surface area contributed by atoms with Crippen LogP contribution < -0.4 is 14.8 Å². The molecule has 1 unspecified atom stereocenters. The van der Waals surface area contributed by atoms with Gasteiger partial charge in [0.05, 0.1) is 13.7 Å². The smallest absolute Gasteiger partial charge is 0.252 e. The Kier molecular flexibility index (Phi) is 5.82. The summed E-state index contributed by atoms with van der Waals surface area (Å²) in [6, 6.07) is 21.9. The highest BCUT2D eigenvalue weighted by molar-refractivity contribution is 5.95. The summed E-state index contributed by atoms with van der Waals surface area (Å²) in [5, 5.41) is 13.7. The maximum atomic E-state index is 13.4. The molecule has 0 fully saturated rings. The van der Waals surface area contributed by atoms with Crippen LogP contribution in [0.3, 0.4) is 0 Å². The molecule has 3 aromatic carbocycles. The number of aromatic hydroxyl groups is 1. The minimum absolute atomic E-state index is 0.0557. The number of nitrogens with one attached hydrogen (secondary N) is 1. The van der Waals surface area contributed by atoms with Crippen molar-refractivity contribution in [3.05, 3.63) is 108 Å². The second kappa shape index (κ2) is 9.10. The molecule has 6 nitrogen and oxygen atoms in total. The normalized spacial score (nSPS) is 16.6. The number of hydrogen-bond donors (Lipinski definition) is 2. The van der Waals surface area contributed by atoms with E-state index < -0.39 is 11.4 Å². The van der Waals surface area contributed by atoms with Gasteiger partial charge in [-0.1, -0.05) is 36.4 Å². The van der Waals surface area contributed by atoms with Gasteiger partial charge < -0.3 is 19.9 Å². The molecule has 0 aliphatic carbocycles. The lowest BCUT2D eigenvalue weighted by Gasteiger charge is -2.39. The molecule has 4 aromatic rings. The summed E-state index contributed by atoms with van der Waals surface area (Å²) < 4.78 is 24.5. The van der Waals surface area contributed by atoms with E-state index in [0.717, 1.165) is 11.1 Å². The van der Waals surface area contributed by atoms with E-state index in [1.165, 1.54) is 31.4 Å². The number of nitrogens with zero attached hydrogens (tertiary/aromatic N) is 1. The Labute approximate surface area is 202 Å². The van der Waals surface area contributed by atoms with Crippen LogP contribution in [0.25, 0.3) is 11.1 Å². The van der Waals surface area contributed by atoms with E-state index in [1.807, 2.05) is 42.5 Å². The van der Waals surface area contributed by atoms with Gasteiger partial charge in [0.1, 0.15) is 22.8 Å². The van der Waals surface area contributed by atoms with Gasteiger partial charge in [-0.3, -0.25) is 9.78 Å². The number of methoxy groups -OCH3 is 1. The zero-order valence-corrected chi connectivity index (χ0v) is 19.0. The quantitative estimate of drug-likeness (QED) is 0.426. The summed E-state index contributed by atoms with van der Waals surface area (Å²) in [6.07, 6.45) is 2.11. The molecule has 5 rings (SSSR count). The number of amides is 1. The highest BCUT2D eigenvalue weighted by atomic mass is 19.1. The first-order chi connectivity index (χ1) is 17.0. The lowest BCUT2D eigenvalue weighted by molar-refractivity contribution is 0.0883. The van der Waals surface area contributed by atoms with Gasteiger partial charge in [0.15, 0.2) is 11.5 Å². The largest absolute Gasteiger partial charge is 0.504 e. The fourth-order valence-electron chi connectivity index (χ4n) is 4.46. The Morgan fingerprint density at radius 2 is 1.83 bits per heavy atom. The molecule has 1 atom stereocenters. The summed E-state index contributed by atoms with van der Waals surface area (Å²) in [5.74, 6) is 0.272. The number of halogens is 1. The fourth-order valence-corrected chi connectivity index (χ4v) is 4.46. The molecule has 7 heteroatoms. The third kappa shape index (κ3) is 4.05. The van der Waals surface area contributed by atoms with E-state index in [9.17, 15) is 14.3 Å². The topological polar surface area (TPSA) is 80.7 Å². The van der Waals surface area contributed by atoms with E-state index in [2.05, 4.69) is 10.3 Å². The third-order valence-corrected chi connectivity index (χ3v) is 6.25. The van der Waals surface area contributed by atoms with Gasteiger partial charge in [-0.15, -0.1) is 0 Å². The number of carbonyl (C=O) groups is 1. The molecule has 1 aliphatic heterocycles. The summed E-state index contributed by atoms with van der Waals surface area (Å²) in [5.41, 5.74) is 2.20. The van der Waals surface area contributed by atoms with Crippen molar-refractivity contribution in [2.75, 3.05) is 13.7 Å². The first-order valence-corrected chi connectivity index (χ1v) is 11.1. The van der Waals surface area contributed by atoms with Crippen LogP contribution in [0.2, 0.25) is 0 Å². The van der Waals surface area contributed by atoms with Crippen molar-refractivity contribution in [2.24, 2.45) is 0 Å². The van der Waals surface area contributed by atoms with E-state index in [1.54, 1.807) is 18.3 Å². The van der Waals surface area contributed by atoms with E-state index in [0.29, 0.717) is 41.3 Å². The maximum Gasteiger partial charge on any atom is 0.252 e. The zero-order valence-electron chi connectivity index (χ0n) is 19.0. The van der Waals surface area contributed by atoms with Crippen molar-refractivity contribution in [3.63, 3.8) is 0 Å². The average Bonchev–Trinajstić information content (AvgIpc) is 2.89. The molecule has 1 amide bonds. The Balaban J connectivity index is 1.58. The number of pyridine rings is 1. The minimum atomic E-state index is -0.963. The predicted octanol–water partition coefficient (Wildman–Crippen LogP) is 5.06. The number of carbonyl (C=O) groups excluding carboxylic acids is 1. The molecule has 2 N–H and O–H groups in total. The highest BCUT2D eigenvalue weighted by Crippen LogP contribution is 2.42. The lowest BCUT2D eigenvalue weighted by Crippen LogP contribution is -2.50. The van der Waals surface area contributed by atoms with Gasteiger partial charge >= 0.3 is 0 Å². The summed E-state index contributed by atoms with van der Waals surface area (Å²) in [7, 11) is 1.51. The van der Waals surface area contributed by atoms with Crippen molar-refractivity contribution in [3.8, 4) is 28.4 Å². The van der Waals surface area contributed by atoms with Crippen LogP contribution >= 0.6 is 0 Å². The Morgan fingerprint density at radius 1 is 1.06 bits per heavy atom. The first kappa shape index (κ1) is 22.4.